The maximum atomic E-state index is 8.72. The Kier molecular flexibility index (Phi) is 3.04. The number of pyridine rings is 1. The molecule has 0 saturated heterocycles. The number of nitrogens with zero attached hydrogens (tertiary/aromatic N) is 2. The summed E-state index contributed by atoms with van der Waals surface area (Å²) >= 11 is 0. The van der Waals surface area contributed by atoms with Crippen LogP contribution in [0.25, 0.3) is 6.08 Å². The van der Waals surface area contributed by atoms with Crippen molar-refractivity contribution in [2.45, 2.75) is 6.92 Å². The summed E-state index contributed by atoms with van der Waals surface area (Å²) in [6.07, 6.45) is 6.60. The summed E-state index contributed by atoms with van der Waals surface area (Å²) in [5.74, 6) is 0. The third-order valence-electron chi connectivity index (χ3n) is 1.76. The molecule has 1 aromatic heterocycles. The van der Waals surface area contributed by atoms with E-state index in [1.165, 1.54) is 0 Å². The van der Waals surface area contributed by atoms with E-state index >= 15 is 0 Å². The van der Waals surface area contributed by atoms with Crippen LogP contribution in [0.1, 0.15) is 16.7 Å². The van der Waals surface area contributed by atoms with Crippen molar-refractivity contribution in [3.8, 4) is 6.07 Å². The van der Waals surface area contributed by atoms with Crippen LogP contribution in [-0.4, -0.2) is 12.1 Å². The minimum absolute atomic E-state index is 0.596. The van der Waals surface area contributed by atoms with Gasteiger partial charge in [-0.15, -0.1) is 0 Å². The second-order valence-electron chi connectivity index (χ2n) is 2.55. The van der Waals surface area contributed by atoms with Gasteiger partial charge < -0.3 is 4.74 Å². The molecule has 3 nitrogen and oxygen atoms in total. The number of aromatic nitrogens is 1. The van der Waals surface area contributed by atoms with Crippen LogP contribution in [0, 0.1) is 18.3 Å². The van der Waals surface area contributed by atoms with Crippen LogP contribution in [0.2, 0.25) is 0 Å². The lowest BCUT2D eigenvalue weighted by Gasteiger charge is -2.00. The predicted octanol–water partition coefficient (Wildman–Crippen LogP) is 1.88. The Labute approximate surface area is 77.3 Å². The summed E-state index contributed by atoms with van der Waals surface area (Å²) < 4.78 is 4.78. The van der Waals surface area contributed by atoms with Crippen LogP contribution in [-0.2, 0) is 4.74 Å². The Morgan fingerprint density at radius 1 is 1.54 bits per heavy atom. The molecule has 66 valence electrons. The van der Waals surface area contributed by atoms with E-state index in [4.69, 9.17) is 10.00 Å². The zero-order chi connectivity index (χ0) is 9.68. The van der Waals surface area contributed by atoms with Crippen LogP contribution in [0.15, 0.2) is 18.7 Å². The largest absolute Gasteiger partial charge is 0.504 e. The molecule has 1 rings (SSSR count). The van der Waals surface area contributed by atoms with Gasteiger partial charge in [0.15, 0.2) is 0 Å². The molecular weight excluding hydrogens is 164 g/mol. The van der Waals surface area contributed by atoms with E-state index in [9.17, 15) is 0 Å². The summed E-state index contributed by atoms with van der Waals surface area (Å²) in [5.41, 5.74) is 2.42. The molecule has 0 aromatic carbocycles. The maximum Gasteiger partial charge on any atom is 0.101 e. The van der Waals surface area contributed by atoms with Gasteiger partial charge >= 0.3 is 0 Å². The van der Waals surface area contributed by atoms with Crippen LogP contribution in [0.3, 0.4) is 0 Å². The molecule has 13 heavy (non-hydrogen) atoms. The SMILES string of the molecule is CO/C=C/c1cncc(C#N)c1C. The van der Waals surface area contributed by atoms with E-state index in [1.54, 1.807) is 31.8 Å². The minimum atomic E-state index is 0.596. The molecule has 0 atom stereocenters. The summed E-state index contributed by atoms with van der Waals surface area (Å²) in [4.78, 5) is 3.94. The Morgan fingerprint density at radius 2 is 2.31 bits per heavy atom. The summed E-state index contributed by atoms with van der Waals surface area (Å²) in [7, 11) is 1.58. The van der Waals surface area contributed by atoms with Gasteiger partial charge in [0.25, 0.3) is 0 Å². The van der Waals surface area contributed by atoms with Gasteiger partial charge in [-0.25, -0.2) is 0 Å². The summed E-state index contributed by atoms with van der Waals surface area (Å²) in [6.45, 7) is 1.88. The third kappa shape index (κ3) is 2.06. The van der Waals surface area contributed by atoms with Crippen molar-refractivity contribution >= 4 is 6.08 Å². The highest BCUT2D eigenvalue weighted by Crippen LogP contribution is 2.12. The van der Waals surface area contributed by atoms with Crippen molar-refractivity contribution < 1.29 is 4.74 Å². The van der Waals surface area contributed by atoms with Crippen LogP contribution >= 0.6 is 0 Å². The third-order valence-corrected chi connectivity index (χ3v) is 1.76. The van der Waals surface area contributed by atoms with Gasteiger partial charge in [-0.1, -0.05) is 0 Å². The number of ether oxygens (including phenoxy) is 1. The molecule has 0 fully saturated rings. The first-order valence-electron chi connectivity index (χ1n) is 3.83. The molecule has 0 aliphatic heterocycles. The molecule has 0 spiro atoms. The fraction of sp³-hybridized carbons (Fsp3) is 0.200. The van der Waals surface area contributed by atoms with Crippen LogP contribution in [0.5, 0.6) is 0 Å². The molecule has 0 aliphatic carbocycles. The molecule has 3 heteroatoms. The predicted molar refractivity (Wildman–Crippen MR) is 49.7 cm³/mol. The molecule has 0 bridgehead atoms. The van der Waals surface area contributed by atoms with Gasteiger partial charge in [0.05, 0.1) is 18.9 Å². The first kappa shape index (κ1) is 9.27. The van der Waals surface area contributed by atoms with Gasteiger partial charge in [-0.05, 0) is 18.6 Å². The molecule has 0 amide bonds. The van der Waals surface area contributed by atoms with Crippen molar-refractivity contribution in [3.05, 3.63) is 35.3 Å². The van der Waals surface area contributed by atoms with Crippen LogP contribution < -0.4 is 0 Å². The number of hydrogen-bond acceptors (Lipinski definition) is 3. The quantitative estimate of drug-likeness (QED) is 0.643. The molecule has 0 saturated carbocycles. The number of methoxy groups -OCH3 is 1. The number of hydrogen-bond donors (Lipinski definition) is 0. The highest BCUT2D eigenvalue weighted by Gasteiger charge is 2.00. The van der Waals surface area contributed by atoms with E-state index in [2.05, 4.69) is 11.1 Å². The molecule has 0 radical (unpaired) electrons. The van der Waals surface area contributed by atoms with Gasteiger partial charge in [0, 0.05) is 18.0 Å². The van der Waals surface area contributed by atoms with Crippen molar-refractivity contribution in [2.24, 2.45) is 0 Å². The zero-order valence-corrected chi connectivity index (χ0v) is 7.61. The summed E-state index contributed by atoms with van der Waals surface area (Å²) in [6, 6.07) is 2.07. The Hall–Kier alpha value is -1.82. The fourth-order valence-electron chi connectivity index (χ4n) is 0.963. The van der Waals surface area contributed by atoms with E-state index in [0.29, 0.717) is 5.56 Å². The maximum absolute atomic E-state index is 8.72. The topological polar surface area (TPSA) is 45.9 Å². The van der Waals surface area contributed by atoms with Crippen molar-refractivity contribution in [1.82, 2.24) is 4.98 Å². The van der Waals surface area contributed by atoms with Gasteiger partial charge in [0.1, 0.15) is 6.07 Å². The first-order valence-corrected chi connectivity index (χ1v) is 3.83. The van der Waals surface area contributed by atoms with Crippen molar-refractivity contribution in [2.75, 3.05) is 7.11 Å². The number of nitriles is 1. The highest BCUT2D eigenvalue weighted by atomic mass is 16.5. The Balaban J connectivity index is 3.10. The summed E-state index contributed by atoms with van der Waals surface area (Å²) in [5, 5.41) is 8.72. The second kappa shape index (κ2) is 4.27. The Morgan fingerprint density at radius 3 is 2.92 bits per heavy atom. The molecule has 0 N–H and O–H groups in total. The van der Waals surface area contributed by atoms with E-state index in [-0.39, 0.29) is 0 Å². The molecule has 1 aromatic rings. The Bertz CT molecular complexity index is 364. The average molecular weight is 174 g/mol. The molecular formula is C10H10N2O. The fourth-order valence-corrected chi connectivity index (χ4v) is 0.963. The van der Waals surface area contributed by atoms with E-state index in [1.807, 2.05) is 6.92 Å². The molecule has 0 unspecified atom stereocenters. The smallest absolute Gasteiger partial charge is 0.101 e. The first-order chi connectivity index (χ1) is 6.29. The van der Waals surface area contributed by atoms with E-state index < -0.39 is 0 Å². The van der Waals surface area contributed by atoms with Gasteiger partial charge in [-0.3, -0.25) is 4.98 Å². The monoisotopic (exact) mass is 174 g/mol. The van der Waals surface area contributed by atoms with Gasteiger partial charge in [0.2, 0.25) is 0 Å². The van der Waals surface area contributed by atoms with Gasteiger partial charge in [-0.2, -0.15) is 5.26 Å². The lowest BCUT2D eigenvalue weighted by atomic mass is 10.1. The molecule has 1 heterocycles. The zero-order valence-electron chi connectivity index (χ0n) is 7.61. The normalized spacial score (nSPS) is 9.92. The van der Waals surface area contributed by atoms with Crippen molar-refractivity contribution in [1.29, 1.82) is 5.26 Å². The standard InChI is InChI=1S/C10H10N2O/c1-8-9(3-4-13-2)6-12-7-10(8)5-11/h3-4,6-7H,1-2H3/b4-3+. The lowest BCUT2D eigenvalue weighted by molar-refractivity contribution is 0.341. The minimum Gasteiger partial charge on any atom is -0.504 e. The van der Waals surface area contributed by atoms with Crippen LogP contribution in [0.4, 0.5) is 0 Å². The average Bonchev–Trinajstić information content (AvgIpc) is 2.16. The van der Waals surface area contributed by atoms with E-state index in [0.717, 1.165) is 11.1 Å². The highest BCUT2D eigenvalue weighted by molar-refractivity contribution is 5.55. The second-order valence-corrected chi connectivity index (χ2v) is 2.55. The van der Waals surface area contributed by atoms with Crippen molar-refractivity contribution in [3.63, 3.8) is 0 Å². The lowest BCUT2D eigenvalue weighted by Crippen LogP contribution is -1.88. The molecule has 0 aliphatic rings. The number of rotatable bonds is 2.